The molecule has 0 aliphatic heterocycles. The SMILES string of the molecule is COc1cc(C)c(S(=O)(=O)N[C@@H]2C[C@H]3CC[C@@H]2C3)cc1C. The topological polar surface area (TPSA) is 55.4 Å². The Labute approximate surface area is 126 Å². The number of hydrogen-bond acceptors (Lipinski definition) is 3. The number of fused-ring (bicyclic) bond motifs is 2. The van der Waals surface area contributed by atoms with E-state index in [-0.39, 0.29) is 6.04 Å². The first-order valence-electron chi connectivity index (χ1n) is 7.58. The highest BCUT2D eigenvalue weighted by Crippen LogP contribution is 2.45. The molecule has 0 unspecified atom stereocenters. The summed E-state index contributed by atoms with van der Waals surface area (Å²) in [5.41, 5.74) is 1.57. The van der Waals surface area contributed by atoms with Crippen molar-refractivity contribution in [1.29, 1.82) is 0 Å². The minimum atomic E-state index is -3.45. The minimum absolute atomic E-state index is 0.121. The molecule has 2 aliphatic rings. The van der Waals surface area contributed by atoms with Crippen molar-refractivity contribution in [3.05, 3.63) is 23.3 Å². The fourth-order valence-corrected chi connectivity index (χ4v) is 5.55. The van der Waals surface area contributed by atoms with Crippen molar-refractivity contribution in [3.8, 4) is 5.75 Å². The molecular weight excluding hydrogens is 286 g/mol. The number of sulfonamides is 1. The zero-order valence-corrected chi connectivity index (χ0v) is 13.7. The molecule has 0 saturated heterocycles. The molecule has 3 rings (SSSR count). The zero-order chi connectivity index (χ0) is 15.2. The van der Waals surface area contributed by atoms with Crippen molar-refractivity contribution in [2.24, 2.45) is 11.8 Å². The Morgan fingerprint density at radius 2 is 1.90 bits per heavy atom. The van der Waals surface area contributed by atoms with Gasteiger partial charge in [0.1, 0.15) is 5.75 Å². The second kappa shape index (κ2) is 5.29. The molecule has 2 saturated carbocycles. The molecule has 0 aromatic heterocycles. The molecule has 1 aromatic rings. The summed E-state index contributed by atoms with van der Waals surface area (Å²) in [4.78, 5) is 0.378. The van der Waals surface area contributed by atoms with Gasteiger partial charge in [0.05, 0.1) is 12.0 Å². The highest BCUT2D eigenvalue weighted by atomic mass is 32.2. The summed E-state index contributed by atoms with van der Waals surface area (Å²) in [6, 6.07) is 3.63. The van der Waals surface area contributed by atoms with Crippen LogP contribution < -0.4 is 9.46 Å². The van der Waals surface area contributed by atoms with Gasteiger partial charge in [-0.1, -0.05) is 6.42 Å². The summed E-state index contributed by atoms with van der Waals surface area (Å²) in [5.74, 6) is 1.98. The first-order chi connectivity index (χ1) is 9.90. The van der Waals surface area contributed by atoms with Gasteiger partial charge in [-0.15, -0.1) is 0 Å². The van der Waals surface area contributed by atoms with Crippen LogP contribution in [0.15, 0.2) is 17.0 Å². The summed E-state index contributed by atoms with van der Waals surface area (Å²) in [6.45, 7) is 3.69. The summed E-state index contributed by atoms with van der Waals surface area (Å²) in [6.07, 6.45) is 4.62. The molecule has 5 heteroatoms. The largest absolute Gasteiger partial charge is 0.496 e. The van der Waals surface area contributed by atoms with Crippen molar-refractivity contribution < 1.29 is 13.2 Å². The van der Waals surface area contributed by atoms with Gasteiger partial charge in [-0.05, 0) is 68.2 Å². The molecular formula is C16H23NO3S. The average molecular weight is 309 g/mol. The number of rotatable bonds is 4. The third-order valence-electron chi connectivity index (χ3n) is 5.03. The molecule has 4 nitrogen and oxygen atoms in total. The van der Waals surface area contributed by atoms with Gasteiger partial charge in [0.25, 0.3) is 0 Å². The van der Waals surface area contributed by atoms with Gasteiger partial charge in [0.2, 0.25) is 10.0 Å². The Kier molecular flexibility index (Phi) is 3.74. The van der Waals surface area contributed by atoms with E-state index in [9.17, 15) is 8.42 Å². The molecule has 1 aromatic carbocycles. The monoisotopic (exact) mass is 309 g/mol. The number of aryl methyl sites for hydroxylation is 2. The molecule has 2 aliphatic carbocycles. The van der Waals surface area contributed by atoms with Crippen LogP contribution in [0.2, 0.25) is 0 Å². The fourth-order valence-electron chi connectivity index (χ4n) is 3.92. The smallest absolute Gasteiger partial charge is 0.241 e. The zero-order valence-electron chi connectivity index (χ0n) is 12.8. The Balaban J connectivity index is 1.86. The van der Waals surface area contributed by atoms with Crippen molar-refractivity contribution in [3.63, 3.8) is 0 Å². The third-order valence-corrected chi connectivity index (χ3v) is 6.66. The number of nitrogens with one attached hydrogen (secondary N) is 1. The minimum Gasteiger partial charge on any atom is -0.496 e. The molecule has 2 fully saturated rings. The lowest BCUT2D eigenvalue weighted by Gasteiger charge is -2.23. The van der Waals surface area contributed by atoms with E-state index in [0.29, 0.717) is 10.8 Å². The van der Waals surface area contributed by atoms with E-state index in [1.165, 1.54) is 19.3 Å². The average Bonchev–Trinajstić information content (AvgIpc) is 3.02. The van der Waals surface area contributed by atoms with Gasteiger partial charge in [0.15, 0.2) is 0 Å². The maximum absolute atomic E-state index is 12.7. The van der Waals surface area contributed by atoms with Crippen molar-refractivity contribution >= 4 is 10.0 Å². The maximum atomic E-state index is 12.7. The lowest BCUT2D eigenvalue weighted by atomic mass is 9.96. The van der Waals surface area contributed by atoms with Crippen LogP contribution in [-0.2, 0) is 10.0 Å². The summed E-state index contributed by atoms with van der Waals surface area (Å²) in [7, 11) is -1.85. The van der Waals surface area contributed by atoms with Crippen LogP contribution in [0.4, 0.5) is 0 Å². The standard InChI is InChI=1S/C16H23NO3S/c1-10-7-16(11(2)6-15(10)20-3)21(18,19)17-14-9-12-4-5-13(14)8-12/h6-7,12-14,17H,4-5,8-9H2,1-3H3/t12-,13+,14+/m0/s1. The maximum Gasteiger partial charge on any atom is 0.241 e. The van der Waals surface area contributed by atoms with Crippen LogP contribution in [0.25, 0.3) is 0 Å². The molecule has 0 spiro atoms. The Hall–Kier alpha value is -1.07. The highest BCUT2D eigenvalue weighted by molar-refractivity contribution is 7.89. The van der Waals surface area contributed by atoms with Crippen LogP contribution in [-0.4, -0.2) is 21.6 Å². The molecule has 3 atom stereocenters. The van der Waals surface area contributed by atoms with E-state index in [0.717, 1.165) is 29.2 Å². The first-order valence-corrected chi connectivity index (χ1v) is 9.06. The van der Waals surface area contributed by atoms with Crippen molar-refractivity contribution in [1.82, 2.24) is 4.72 Å². The van der Waals surface area contributed by atoms with Crippen LogP contribution in [0.3, 0.4) is 0 Å². The van der Waals surface area contributed by atoms with E-state index in [1.54, 1.807) is 19.2 Å². The van der Waals surface area contributed by atoms with E-state index in [1.807, 2.05) is 13.8 Å². The van der Waals surface area contributed by atoms with Crippen LogP contribution in [0.5, 0.6) is 5.75 Å². The summed E-state index contributed by atoms with van der Waals surface area (Å²) < 4.78 is 33.6. The number of ether oxygens (including phenoxy) is 1. The van der Waals surface area contributed by atoms with Crippen LogP contribution in [0.1, 0.15) is 36.8 Å². The summed E-state index contributed by atoms with van der Waals surface area (Å²) >= 11 is 0. The quantitative estimate of drug-likeness (QED) is 0.930. The second-order valence-electron chi connectivity index (χ2n) is 6.49. The van der Waals surface area contributed by atoms with Crippen molar-refractivity contribution in [2.75, 3.05) is 7.11 Å². The van der Waals surface area contributed by atoms with E-state index in [4.69, 9.17) is 4.74 Å². The van der Waals surface area contributed by atoms with E-state index in [2.05, 4.69) is 4.72 Å². The van der Waals surface area contributed by atoms with Gasteiger partial charge < -0.3 is 4.74 Å². The van der Waals surface area contributed by atoms with E-state index < -0.39 is 10.0 Å². The van der Waals surface area contributed by atoms with Crippen LogP contribution in [0, 0.1) is 25.7 Å². The lowest BCUT2D eigenvalue weighted by molar-refractivity contribution is 0.390. The predicted molar refractivity (Wildman–Crippen MR) is 82.0 cm³/mol. The molecule has 1 N–H and O–H groups in total. The molecule has 116 valence electrons. The van der Waals surface area contributed by atoms with Gasteiger partial charge >= 0.3 is 0 Å². The molecule has 0 heterocycles. The Morgan fingerprint density at radius 1 is 1.14 bits per heavy atom. The van der Waals surface area contributed by atoms with E-state index >= 15 is 0 Å². The second-order valence-corrected chi connectivity index (χ2v) is 8.17. The first kappa shape index (κ1) is 14.9. The van der Waals surface area contributed by atoms with Gasteiger partial charge in [-0.3, -0.25) is 0 Å². The third kappa shape index (κ3) is 2.69. The number of hydrogen-bond donors (Lipinski definition) is 1. The number of benzene rings is 1. The van der Waals surface area contributed by atoms with Gasteiger partial charge in [-0.2, -0.15) is 0 Å². The fraction of sp³-hybridized carbons (Fsp3) is 0.625. The normalized spacial score (nSPS) is 28.0. The molecule has 0 radical (unpaired) electrons. The van der Waals surface area contributed by atoms with Gasteiger partial charge in [0, 0.05) is 6.04 Å². The summed E-state index contributed by atoms with van der Waals surface area (Å²) in [5, 5.41) is 0. The molecule has 2 bridgehead atoms. The van der Waals surface area contributed by atoms with Gasteiger partial charge in [-0.25, -0.2) is 13.1 Å². The van der Waals surface area contributed by atoms with Crippen molar-refractivity contribution in [2.45, 2.75) is 50.5 Å². The van der Waals surface area contributed by atoms with Crippen LogP contribution >= 0.6 is 0 Å². The number of methoxy groups -OCH3 is 1. The highest BCUT2D eigenvalue weighted by Gasteiger charge is 2.41. The molecule has 21 heavy (non-hydrogen) atoms. The predicted octanol–water partition coefficient (Wildman–Crippen LogP) is 2.78. The molecule has 0 amide bonds. The Bertz CT molecular complexity index is 654. The lowest BCUT2D eigenvalue weighted by Crippen LogP contribution is -2.38. The Morgan fingerprint density at radius 3 is 2.48 bits per heavy atom.